The molecule has 0 bridgehead atoms. The SMILES string of the molecule is CNc1nc(C)c(C(=O)OC)c(N)n1. The number of nitrogen functional groups attached to an aromatic ring is 1. The zero-order valence-electron chi connectivity index (χ0n) is 8.29. The molecule has 0 aliphatic heterocycles. The van der Waals surface area contributed by atoms with Crippen molar-refractivity contribution in [3.05, 3.63) is 11.3 Å². The summed E-state index contributed by atoms with van der Waals surface area (Å²) in [6.07, 6.45) is 0. The molecule has 0 unspecified atom stereocenters. The van der Waals surface area contributed by atoms with E-state index >= 15 is 0 Å². The zero-order valence-corrected chi connectivity index (χ0v) is 8.29. The van der Waals surface area contributed by atoms with Gasteiger partial charge in [0.1, 0.15) is 11.4 Å². The highest BCUT2D eigenvalue weighted by atomic mass is 16.5. The molecular formula is C8H12N4O2. The van der Waals surface area contributed by atoms with Crippen LogP contribution in [0.25, 0.3) is 0 Å². The molecule has 0 aliphatic carbocycles. The lowest BCUT2D eigenvalue weighted by molar-refractivity contribution is 0.0600. The van der Waals surface area contributed by atoms with E-state index in [4.69, 9.17) is 5.73 Å². The van der Waals surface area contributed by atoms with Gasteiger partial charge in [0.25, 0.3) is 0 Å². The number of aryl methyl sites for hydroxylation is 1. The smallest absolute Gasteiger partial charge is 0.343 e. The van der Waals surface area contributed by atoms with Crippen LogP contribution in [-0.2, 0) is 4.74 Å². The molecule has 0 saturated heterocycles. The molecule has 0 atom stereocenters. The standard InChI is InChI=1S/C8H12N4O2/c1-4-5(7(13)14-3)6(9)12-8(10-2)11-4/h1-3H3,(H3,9,10,11,12). The summed E-state index contributed by atoms with van der Waals surface area (Å²) in [5.41, 5.74) is 6.29. The number of hydrogen-bond donors (Lipinski definition) is 2. The highest BCUT2D eigenvalue weighted by Gasteiger charge is 2.16. The highest BCUT2D eigenvalue weighted by Crippen LogP contribution is 2.15. The molecule has 0 amide bonds. The molecule has 76 valence electrons. The number of nitrogens with one attached hydrogen (secondary N) is 1. The highest BCUT2D eigenvalue weighted by molar-refractivity contribution is 5.95. The van der Waals surface area contributed by atoms with Gasteiger partial charge < -0.3 is 15.8 Å². The predicted molar refractivity (Wildman–Crippen MR) is 52.1 cm³/mol. The maximum Gasteiger partial charge on any atom is 0.343 e. The van der Waals surface area contributed by atoms with Gasteiger partial charge in [-0.2, -0.15) is 4.98 Å². The Morgan fingerprint density at radius 3 is 2.57 bits per heavy atom. The minimum Gasteiger partial charge on any atom is -0.465 e. The van der Waals surface area contributed by atoms with Crippen molar-refractivity contribution in [2.75, 3.05) is 25.2 Å². The van der Waals surface area contributed by atoms with E-state index in [0.29, 0.717) is 11.6 Å². The Labute approximate surface area is 81.5 Å². The summed E-state index contributed by atoms with van der Waals surface area (Å²) in [6, 6.07) is 0. The van der Waals surface area contributed by atoms with Gasteiger partial charge in [0.15, 0.2) is 0 Å². The van der Waals surface area contributed by atoms with E-state index in [2.05, 4.69) is 20.0 Å². The molecule has 0 radical (unpaired) electrons. The first-order valence-electron chi connectivity index (χ1n) is 4.00. The van der Waals surface area contributed by atoms with Gasteiger partial charge in [-0.25, -0.2) is 9.78 Å². The van der Waals surface area contributed by atoms with Crippen LogP contribution in [0.3, 0.4) is 0 Å². The number of carbonyl (C=O) groups is 1. The Morgan fingerprint density at radius 2 is 2.14 bits per heavy atom. The number of nitrogens with two attached hydrogens (primary N) is 1. The number of hydrogen-bond acceptors (Lipinski definition) is 6. The van der Waals surface area contributed by atoms with Crippen molar-refractivity contribution >= 4 is 17.7 Å². The fourth-order valence-electron chi connectivity index (χ4n) is 1.06. The molecule has 3 N–H and O–H groups in total. The van der Waals surface area contributed by atoms with Gasteiger partial charge in [-0.05, 0) is 6.92 Å². The van der Waals surface area contributed by atoms with Crippen molar-refractivity contribution in [2.45, 2.75) is 6.92 Å². The van der Waals surface area contributed by atoms with E-state index in [1.165, 1.54) is 7.11 Å². The number of rotatable bonds is 2. The Balaban J connectivity index is 3.25. The number of methoxy groups -OCH3 is 1. The van der Waals surface area contributed by atoms with Crippen LogP contribution in [0.4, 0.5) is 11.8 Å². The van der Waals surface area contributed by atoms with Crippen LogP contribution in [0.5, 0.6) is 0 Å². The fourth-order valence-corrected chi connectivity index (χ4v) is 1.06. The molecule has 1 heterocycles. The maximum absolute atomic E-state index is 11.3. The largest absolute Gasteiger partial charge is 0.465 e. The Kier molecular flexibility index (Phi) is 2.85. The van der Waals surface area contributed by atoms with E-state index in [1.807, 2.05) is 0 Å². The predicted octanol–water partition coefficient (Wildman–Crippen LogP) is 0.196. The van der Waals surface area contributed by atoms with Crippen molar-refractivity contribution in [1.29, 1.82) is 0 Å². The summed E-state index contributed by atoms with van der Waals surface area (Å²) in [4.78, 5) is 19.1. The van der Waals surface area contributed by atoms with Gasteiger partial charge in [-0.15, -0.1) is 0 Å². The fraction of sp³-hybridized carbons (Fsp3) is 0.375. The van der Waals surface area contributed by atoms with E-state index in [1.54, 1.807) is 14.0 Å². The van der Waals surface area contributed by atoms with E-state index in [9.17, 15) is 4.79 Å². The molecule has 0 saturated carbocycles. The van der Waals surface area contributed by atoms with Gasteiger partial charge in [0.2, 0.25) is 5.95 Å². The topological polar surface area (TPSA) is 90.1 Å². The Morgan fingerprint density at radius 1 is 1.50 bits per heavy atom. The number of carbonyl (C=O) groups excluding carboxylic acids is 1. The first kappa shape index (κ1) is 10.2. The maximum atomic E-state index is 11.3. The monoisotopic (exact) mass is 196 g/mol. The molecule has 1 aromatic heterocycles. The summed E-state index contributed by atoms with van der Waals surface area (Å²) in [5, 5.41) is 2.74. The summed E-state index contributed by atoms with van der Waals surface area (Å²) in [5.74, 6) is -0.0241. The van der Waals surface area contributed by atoms with E-state index in [0.717, 1.165) is 0 Å². The second kappa shape index (κ2) is 3.91. The van der Waals surface area contributed by atoms with Crippen LogP contribution in [0.2, 0.25) is 0 Å². The normalized spacial score (nSPS) is 9.64. The number of aromatic nitrogens is 2. The molecule has 0 spiro atoms. The van der Waals surface area contributed by atoms with Crippen molar-refractivity contribution in [3.8, 4) is 0 Å². The summed E-state index contributed by atoms with van der Waals surface area (Å²) >= 11 is 0. The molecule has 0 aliphatic rings. The van der Waals surface area contributed by atoms with Crippen molar-refractivity contribution in [1.82, 2.24) is 9.97 Å². The lowest BCUT2D eigenvalue weighted by Gasteiger charge is -2.07. The molecule has 0 fully saturated rings. The number of ether oxygens (including phenoxy) is 1. The zero-order chi connectivity index (χ0) is 10.7. The number of esters is 1. The van der Waals surface area contributed by atoms with E-state index < -0.39 is 5.97 Å². The lowest BCUT2D eigenvalue weighted by atomic mass is 10.2. The summed E-state index contributed by atoms with van der Waals surface area (Å²) in [6.45, 7) is 1.67. The first-order valence-corrected chi connectivity index (χ1v) is 4.00. The van der Waals surface area contributed by atoms with Crippen LogP contribution < -0.4 is 11.1 Å². The van der Waals surface area contributed by atoms with Crippen molar-refractivity contribution in [3.63, 3.8) is 0 Å². The molecule has 1 aromatic rings. The minimum atomic E-state index is -0.525. The third-order valence-corrected chi connectivity index (χ3v) is 1.73. The van der Waals surface area contributed by atoms with Crippen molar-refractivity contribution < 1.29 is 9.53 Å². The number of nitrogens with zero attached hydrogens (tertiary/aromatic N) is 2. The molecule has 6 heteroatoms. The van der Waals surface area contributed by atoms with Crippen LogP contribution in [0.15, 0.2) is 0 Å². The molecular weight excluding hydrogens is 184 g/mol. The van der Waals surface area contributed by atoms with Crippen LogP contribution in [-0.4, -0.2) is 30.1 Å². The Bertz CT molecular complexity index is 341. The number of anilines is 2. The minimum absolute atomic E-state index is 0.119. The van der Waals surface area contributed by atoms with Crippen molar-refractivity contribution in [2.24, 2.45) is 0 Å². The van der Waals surface area contributed by atoms with Crippen LogP contribution >= 0.6 is 0 Å². The molecule has 14 heavy (non-hydrogen) atoms. The second-order valence-electron chi connectivity index (χ2n) is 2.63. The molecule has 1 rings (SSSR count). The van der Waals surface area contributed by atoms with E-state index in [-0.39, 0.29) is 11.4 Å². The quantitative estimate of drug-likeness (QED) is 0.656. The molecule has 6 nitrogen and oxygen atoms in total. The third kappa shape index (κ3) is 1.73. The van der Waals surface area contributed by atoms with Gasteiger partial charge >= 0.3 is 5.97 Å². The average Bonchev–Trinajstić information content (AvgIpc) is 2.16. The van der Waals surface area contributed by atoms with Gasteiger partial charge in [-0.1, -0.05) is 0 Å². The van der Waals surface area contributed by atoms with Gasteiger partial charge in [0.05, 0.1) is 12.8 Å². The summed E-state index contributed by atoms with van der Waals surface area (Å²) in [7, 11) is 2.96. The third-order valence-electron chi connectivity index (χ3n) is 1.73. The van der Waals surface area contributed by atoms with Gasteiger partial charge in [0, 0.05) is 7.05 Å². The average molecular weight is 196 g/mol. The molecule has 0 aromatic carbocycles. The van der Waals surface area contributed by atoms with Crippen LogP contribution in [0.1, 0.15) is 16.1 Å². The van der Waals surface area contributed by atoms with Crippen LogP contribution in [0, 0.1) is 6.92 Å². The van der Waals surface area contributed by atoms with Gasteiger partial charge in [-0.3, -0.25) is 0 Å². The summed E-state index contributed by atoms with van der Waals surface area (Å²) < 4.78 is 4.55. The Hall–Kier alpha value is -1.85. The lowest BCUT2D eigenvalue weighted by Crippen LogP contribution is -2.13. The second-order valence-corrected chi connectivity index (χ2v) is 2.63. The first-order chi connectivity index (χ1) is 6.60.